The van der Waals surface area contributed by atoms with Crippen LogP contribution < -0.4 is 0 Å². The van der Waals surface area contributed by atoms with E-state index in [1.807, 2.05) is 10.8 Å². The number of hydrogen-bond donors (Lipinski definition) is 0. The van der Waals surface area contributed by atoms with Crippen molar-refractivity contribution in [2.24, 2.45) is 0 Å². The van der Waals surface area contributed by atoms with Crippen LogP contribution in [0.25, 0.3) is 0 Å². The second-order valence-corrected chi connectivity index (χ2v) is 6.08. The van der Waals surface area contributed by atoms with Crippen LogP contribution in [-0.4, -0.2) is 18.6 Å². The molecule has 7 heteroatoms. The van der Waals surface area contributed by atoms with Gasteiger partial charge in [-0.05, 0) is 22.4 Å². The first-order valence-corrected chi connectivity index (χ1v) is 7.00. The van der Waals surface area contributed by atoms with E-state index in [-0.39, 0.29) is 6.42 Å². The zero-order chi connectivity index (χ0) is 10.3. The van der Waals surface area contributed by atoms with Gasteiger partial charge in [-0.15, -0.1) is 0 Å². The fourth-order valence-electron chi connectivity index (χ4n) is 1.39. The van der Waals surface area contributed by atoms with Gasteiger partial charge in [-0.1, -0.05) is 0 Å². The van der Waals surface area contributed by atoms with Crippen LogP contribution in [-0.2, 0) is 14.0 Å². The maximum Gasteiger partial charge on any atom is 0.324 e. The van der Waals surface area contributed by atoms with Crippen LogP contribution in [0, 0.1) is 0 Å². The molecule has 4 nitrogen and oxygen atoms in total. The first kappa shape index (κ1) is 9.95. The van der Waals surface area contributed by atoms with E-state index in [4.69, 9.17) is 10.7 Å². The van der Waals surface area contributed by atoms with Crippen molar-refractivity contribution in [1.29, 1.82) is 0 Å². The quantitative estimate of drug-likeness (QED) is 0.591. The Morgan fingerprint density at radius 1 is 1.57 bits per heavy atom. The molecule has 0 aromatic carbocycles. The molecule has 2 heterocycles. The lowest BCUT2D eigenvalue weighted by Crippen LogP contribution is -2.47. The fourth-order valence-corrected chi connectivity index (χ4v) is 3.44. The van der Waals surface area contributed by atoms with E-state index >= 15 is 0 Å². The molecule has 1 aromatic heterocycles. The van der Waals surface area contributed by atoms with Crippen molar-refractivity contribution in [3.63, 3.8) is 0 Å². The van der Waals surface area contributed by atoms with E-state index in [1.54, 1.807) is 6.07 Å². The number of carbonyl (C=O) groups is 1. The Morgan fingerprint density at radius 3 is 2.71 bits per heavy atom. The number of nitrogens with zero attached hydrogens (tertiary/aromatic N) is 1. The lowest BCUT2D eigenvalue weighted by molar-refractivity contribution is -0.137. The zero-order valence-corrected chi connectivity index (χ0v) is 9.27. The number of rotatable bonds is 2. The van der Waals surface area contributed by atoms with Crippen LogP contribution in [0.5, 0.6) is 0 Å². The Bertz CT molecular complexity index is 453. The fraction of sp³-hybridized carbons (Fsp3) is 0.286. The van der Waals surface area contributed by atoms with Gasteiger partial charge in [0.25, 0.3) is 0 Å². The number of halogens is 1. The first-order valence-electron chi connectivity index (χ1n) is 3.79. The van der Waals surface area contributed by atoms with Gasteiger partial charge in [0.2, 0.25) is 5.91 Å². The number of amides is 1. The van der Waals surface area contributed by atoms with Crippen molar-refractivity contribution in [2.45, 2.75) is 12.5 Å². The summed E-state index contributed by atoms with van der Waals surface area (Å²) in [5.74, 6) is -0.448. The minimum absolute atomic E-state index is 0.211. The van der Waals surface area contributed by atoms with Gasteiger partial charge in [-0.2, -0.15) is 19.8 Å². The van der Waals surface area contributed by atoms with Crippen LogP contribution in [0.2, 0.25) is 0 Å². The molecule has 0 bridgehead atoms. The number of carbonyl (C=O) groups excluding carboxylic acids is 1. The number of thiophene rings is 1. The maximum absolute atomic E-state index is 11.0. The monoisotopic (exact) mass is 251 g/mol. The third-order valence-electron chi connectivity index (χ3n) is 2.06. The zero-order valence-electron chi connectivity index (χ0n) is 6.88. The van der Waals surface area contributed by atoms with Gasteiger partial charge in [0, 0.05) is 10.7 Å². The summed E-state index contributed by atoms with van der Waals surface area (Å²) in [6.45, 7) is 0. The molecule has 0 N–H and O–H groups in total. The average Bonchev–Trinajstić information content (AvgIpc) is 2.47. The third-order valence-corrected chi connectivity index (χ3v) is 4.14. The highest BCUT2D eigenvalue weighted by Crippen LogP contribution is 2.38. The lowest BCUT2D eigenvalue weighted by Gasteiger charge is -2.36. The normalized spacial score (nSPS) is 22.2. The van der Waals surface area contributed by atoms with Gasteiger partial charge in [0.1, 0.15) is 0 Å². The van der Waals surface area contributed by atoms with Gasteiger partial charge < -0.3 is 0 Å². The van der Waals surface area contributed by atoms with Crippen molar-refractivity contribution >= 4 is 37.2 Å². The van der Waals surface area contributed by atoms with E-state index in [0.717, 1.165) is 9.87 Å². The summed E-state index contributed by atoms with van der Waals surface area (Å²) in [6, 6.07) is 1.38. The lowest BCUT2D eigenvalue weighted by atomic mass is 10.0. The Hall–Kier alpha value is -0.590. The molecule has 1 aliphatic rings. The van der Waals surface area contributed by atoms with Crippen molar-refractivity contribution in [1.82, 2.24) is 4.31 Å². The third kappa shape index (κ3) is 1.53. The highest BCUT2D eigenvalue weighted by molar-refractivity contribution is 8.12. The summed E-state index contributed by atoms with van der Waals surface area (Å²) in [5.41, 5.74) is 0.818. The maximum atomic E-state index is 11.0. The predicted octanol–water partition coefficient (Wildman–Crippen LogP) is 1.51. The molecule has 1 aliphatic heterocycles. The minimum atomic E-state index is -3.93. The largest absolute Gasteiger partial charge is 0.324 e. The highest BCUT2D eigenvalue weighted by Gasteiger charge is 2.44. The Labute approximate surface area is 89.6 Å². The summed E-state index contributed by atoms with van der Waals surface area (Å²) in [5, 5.41) is 3.64. The van der Waals surface area contributed by atoms with Crippen molar-refractivity contribution in [3.05, 3.63) is 22.4 Å². The van der Waals surface area contributed by atoms with Gasteiger partial charge in [-0.25, -0.2) is 4.31 Å². The van der Waals surface area contributed by atoms with Crippen molar-refractivity contribution < 1.29 is 13.2 Å². The summed E-state index contributed by atoms with van der Waals surface area (Å²) in [4.78, 5) is 11.0. The summed E-state index contributed by atoms with van der Waals surface area (Å²) < 4.78 is 22.7. The molecule has 1 saturated heterocycles. The minimum Gasteiger partial charge on any atom is -0.274 e. The Balaban J connectivity index is 2.30. The summed E-state index contributed by atoms with van der Waals surface area (Å²) in [7, 11) is 1.19. The molecule has 1 atom stereocenters. The van der Waals surface area contributed by atoms with Crippen LogP contribution in [0.1, 0.15) is 18.0 Å². The van der Waals surface area contributed by atoms with E-state index < -0.39 is 21.2 Å². The van der Waals surface area contributed by atoms with Crippen LogP contribution in [0.15, 0.2) is 16.8 Å². The predicted molar refractivity (Wildman–Crippen MR) is 53.3 cm³/mol. The van der Waals surface area contributed by atoms with E-state index in [9.17, 15) is 13.2 Å². The average molecular weight is 252 g/mol. The van der Waals surface area contributed by atoms with Crippen molar-refractivity contribution in [2.75, 3.05) is 0 Å². The van der Waals surface area contributed by atoms with Gasteiger partial charge in [0.05, 0.1) is 12.5 Å². The number of hydrogen-bond acceptors (Lipinski definition) is 4. The topological polar surface area (TPSA) is 54.5 Å². The molecule has 0 saturated carbocycles. The summed E-state index contributed by atoms with van der Waals surface area (Å²) in [6.07, 6.45) is 0.211. The molecule has 0 aliphatic carbocycles. The molecular formula is C7H6ClNO3S2. The SMILES string of the molecule is O=C1CC(c2ccsc2)N1S(=O)(=O)Cl. The number of β-lactam (4-membered cyclic amide) rings is 1. The molecule has 76 valence electrons. The second-order valence-electron chi connectivity index (χ2n) is 2.91. The molecule has 1 aromatic rings. The summed E-state index contributed by atoms with van der Waals surface area (Å²) >= 11 is 1.46. The van der Waals surface area contributed by atoms with Gasteiger partial charge in [-0.3, -0.25) is 4.79 Å². The molecule has 0 radical (unpaired) electrons. The van der Waals surface area contributed by atoms with Crippen LogP contribution in [0.3, 0.4) is 0 Å². The van der Waals surface area contributed by atoms with Gasteiger partial charge in [0.15, 0.2) is 0 Å². The van der Waals surface area contributed by atoms with E-state index in [2.05, 4.69) is 0 Å². The first-order chi connectivity index (χ1) is 6.50. The molecular weight excluding hydrogens is 246 g/mol. The molecule has 2 rings (SSSR count). The molecule has 0 spiro atoms. The van der Waals surface area contributed by atoms with E-state index in [1.165, 1.54) is 11.3 Å². The Morgan fingerprint density at radius 2 is 2.29 bits per heavy atom. The highest BCUT2D eigenvalue weighted by atomic mass is 35.7. The van der Waals surface area contributed by atoms with Crippen molar-refractivity contribution in [3.8, 4) is 0 Å². The second kappa shape index (κ2) is 3.22. The Kier molecular flexibility index (Phi) is 2.29. The molecule has 14 heavy (non-hydrogen) atoms. The smallest absolute Gasteiger partial charge is 0.274 e. The molecule has 1 fully saturated rings. The van der Waals surface area contributed by atoms with Crippen LogP contribution >= 0.6 is 22.0 Å². The van der Waals surface area contributed by atoms with E-state index in [0.29, 0.717) is 0 Å². The molecule has 1 amide bonds. The van der Waals surface area contributed by atoms with Gasteiger partial charge >= 0.3 is 9.24 Å². The standard InChI is InChI=1S/C7H6ClNO3S2/c8-14(11,12)9-6(3-7(9)10)5-1-2-13-4-5/h1-2,4,6H,3H2. The van der Waals surface area contributed by atoms with Crippen LogP contribution in [0.4, 0.5) is 0 Å². The molecule has 1 unspecified atom stereocenters.